The number of carbonyl (C=O) groups excluding carboxylic acids is 1. The Kier molecular flexibility index (Phi) is 6.19. The number of piperidine rings is 1. The Hall–Kier alpha value is -3.02. The molecule has 2 aromatic carbocycles. The number of benzene rings is 2. The van der Waals surface area contributed by atoms with E-state index in [1.807, 2.05) is 30.3 Å². The largest absolute Gasteiger partial charge is 0.496 e. The molecule has 148 valence electrons. The molecule has 0 unspecified atom stereocenters. The minimum absolute atomic E-state index is 0.175. The standard InChI is InChI=1S/C22H26N2O4/c1-28-19-10-6-5-9-18(19)20(25)23-16-22(15-17-7-3-2-4-8-17)11-13-24(14-12-22)21(26)27/h2-10H,11-16H2,1H3,(H,23,25)(H,26,27). The van der Waals surface area contributed by atoms with Crippen molar-refractivity contribution in [1.82, 2.24) is 10.2 Å². The Morgan fingerprint density at radius 2 is 1.71 bits per heavy atom. The fourth-order valence-electron chi connectivity index (χ4n) is 3.81. The molecule has 0 aromatic heterocycles. The zero-order valence-electron chi connectivity index (χ0n) is 16.1. The number of amides is 2. The molecular weight excluding hydrogens is 356 g/mol. The topological polar surface area (TPSA) is 78.9 Å². The van der Waals surface area contributed by atoms with Gasteiger partial charge < -0.3 is 20.1 Å². The van der Waals surface area contributed by atoms with Gasteiger partial charge in [-0.2, -0.15) is 0 Å². The number of carbonyl (C=O) groups is 2. The zero-order chi connectivity index (χ0) is 20.0. The van der Waals surface area contributed by atoms with Gasteiger partial charge in [0, 0.05) is 19.6 Å². The highest BCUT2D eigenvalue weighted by Gasteiger charge is 2.36. The molecule has 1 heterocycles. The fourth-order valence-corrected chi connectivity index (χ4v) is 3.81. The third kappa shape index (κ3) is 4.63. The quantitative estimate of drug-likeness (QED) is 0.802. The van der Waals surface area contributed by atoms with Crippen LogP contribution >= 0.6 is 0 Å². The monoisotopic (exact) mass is 382 g/mol. The van der Waals surface area contributed by atoms with Crippen LogP contribution in [-0.2, 0) is 6.42 Å². The molecule has 2 N–H and O–H groups in total. The molecule has 6 heteroatoms. The van der Waals surface area contributed by atoms with Crippen molar-refractivity contribution in [2.75, 3.05) is 26.7 Å². The molecule has 1 saturated heterocycles. The van der Waals surface area contributed by atoms with E-state index in [0.29, 0.717) is 43.8 Å². The summed E-state index contributed by atoms with van der Waals surface area (Å²) in [4.78, 5) is 25.5. The maximum absolute atomic E-state index is 12.7. The third-order valence-electron chi connectivity index (χ3n) is 5.49. The van der Waals surface area contributed by atoms with Gasteiger partial charge in [-0.3, -0.25) is 4.79 Å². The molecule has 0 aliphatic carbocycles. The number of carboxylic acid groups (broad SMARTS) is 1. The van der Waals surface area contributed by atoms with Gasteiger partial charge in [-0.25, -0.2) is 4.79 Å². The maximum atomic E-state index is 12.7. The van der Waals surface area contributed by atoms with Crippen molar-refractivity contribution in [2.24, 2.45) is 5.41 Å². The number of methoxy groups -OCH3 is 1. The predicted octanol–water partition coefficient (Wildman–Crippen LogP) is 3.43. The highest BCUT2D eigenvalue weighted by Crippen LogP contribution is 2.35. The third-order valence-corrected chi connectivity index (χ3v) is 5.49. The summed E-state index contributed by atoms with van der Waals surface area (Å²) in [5.41, 5.74) is 1.52. The van der Waals surface area contributed by atoms with Crippen LogP contribution in [0.3, 0.4) is 0 Å². The highest BCUT2D eigenvalue weighted by atomic mass is 16.5. The molecule has 1 aliphatic rings. The second kappa shape index (κ2) is 8.78. The highest BCUT2D eigenvalue weighted by molar-refractivity contribution is 5.96. The van der Waals surface area contributed by atoms with Gasteiger partial charge in [0.15, 0.2) is 0 Å². The molecule has 1 fully saturated rings. The first kappa shape index (κ1) is 19.7. The number of nitrogens with zero attached hydrogens (tertiary/aromatic N) is 1. The molecule has 2 aromatic rings. The van der Waals surface area contributed by atoms with Crippen LogP contribution in [0.4, 0.5) is 4.79 Å². The van der Waals surface area contributed by atoms with Crippen molar-refractivity contribution in [2.45, 2.75) is 19.3 Å². The summed E-state index contributed by atoms with van der Waals surface area (Å²) in [7, 11) is 1.55. The number of para-hydroxylation sites is 1. The Morgan fingerprint density at radius 1 is 1.07 bits per heavy atom. The van der Waals surface area contributed by atoms with Gasteiger partial charge in [0.1, 0.15) is 5.75 Å². The lowest BCUT2D eigenvalue weighted by Gasteiger charge is -2.41. The van der Waals surface area contributed by atoms with Gasteiger partial charge >= 0.3 is 6.09 Å². The Labute approximate surface area is 165 Å². The van der Waals surface area contributed by atoms with Crippen LogP contribution in [-0.4, -0.2) is 48.8 Å². The van der Waals surface area contributed by atoms with Crippen LogP contribution in [0.5, 0.6) is 5.75 Å². The van der Waals surface area contributed by atoms with Crippen LogP contribution < -0.4 is 10.1 Å². The van der Waals surface area contributed by atoms with E-state index in [-0.39, 0.29) is 11.3 Å². The van der Waals surface area contributed by atoms with Crippen LogP contribution in [0.1, 0.15) is 28.8 Å². The molecule has 6 nitrogen and oxygen atoms in total. The molecule has 0 bridgehead atoms. The van der Waals surface area contributed by atoms with E-state index in [1.54, 1.807) is 19.2 Å². The van der Waals surface area contributed by atoms with E-state index in [9.17, 15) is 14.7 Å². The van der Waals surface area contributed by atoms with Gasteiger partial charge in [-0.15, -0.1) is 0 Å². The van der Waals surface area contributed by atoms with E-state index in [2.05, 4.69) is 17.4 Å². The lowest BCUT2D eigenvalue weighted by atomic mass is 9.73. The molecule has 0 saturated carbocycles. The minimum atomic E-state index is -0.883. The summed E-state index contributed by atoms with van der Waals surface area (Å²) in [5.74, 6) is 0.364. The van der Waals surface area contributed by atoms with E-state index >= 15 is 0 Å². The number of ether oxygens (including phenoxy) is 1. The summed E-state index contributed by atoms with van der Waals surface area (Å²) in [6.45, 7) is 1.45. The summed E-state index contributed by atoms with van der Waals surface area (Å²) in [5, 5.41) is 12.3. The molecule has 2 amide bonds. The van der Waals surface area contributed by atoms with E-state index in [0.717, 1.165) is 6.42 Å². The predicted molar refractivity (Wildman–Crippen MR) is 107 cm³/mol. The SMILES string of the molecule is COc1ccccc1C(=O)NCC1(Cc2ccccc2)CCN(C(=O)O)CC1. The van der Waals surface area contributed by atoms with Crippen LogP contribution in [0.2, 0.25) is 0 Å². The first-order chi connectivity index (χ1) is 13.5. The second-order valence-corrected chi connectivity index (χ2v) is 7.31. The van der Waals surface area contributed by atoms with Gasteiger partial charge in [-0.1, -0.05) is 42.5 Å². The smallest absolute Gasteiger partial charge is 0.407 e. The molecule has 0 spiro atoms. The van der Waals surface area contributed by atoms with E-state index in [4.69, 9.17) is 4.74 Å². The zero-order valence-corrected chi connectivity index (χ0v) is 16.1. The summed E-state index contributed by atoms with van der Waals surface area (Å²) in [6.07, 6.45) is 1.33. The average molecular weight is 382 g/mol. The van der Waals surface area contributed by atoms with Crippen LogP contribution in [0, 0.1) is 5.41 Å². The Balaban J connectivity index is 1.74. The first-order valence-corrected chi connectivity index (χ1v) is 9.46. The molecular formula is C22H26N2O4. The normalized spacial score (nSPS) is 15.7. The Morgan fingerprint density at radius 3 is 2.36 bits per heavy atom. The molecule has 28 heavy (non-hydrogen) atoms. The van der Waals surface area contributed by atoms with Crippen LogP contribution in [0.25, 0.3) is 0 Å². The van der Waals surface area contributed by atoms with Crippen LogP contribution in [0.15, 0.2) is 54.6 Å². The lowest BCUT2D eigenvalue weighted by molar-refractivity contribution is 0.0779. The van der Waals surface area contributed by atoms with Crippen molar-refractivity contribution in [3.63, 3.8) is 0 Å². The molecule has 3 rings (SSSR count). The van der Waals surface area contributed by atoms with Crippen molar-refractivity contribution >= 4 is 12.0 Å². The molecule has 0 radical (unpaired) electrons. The van der Waals surface area contributed by atoms with E-state index < -0.39 is 6.09 Å². The minimum Gasteiger partial charge on any atom is -0.496 e. The van der Waals surface area contributed by atoms with Gasteiger partial charge in [0.2, 0.25) is 0 Å². The van der Waals surface area contributed by atoms with Gasteiger partial charge in [0.25, 0.3) is 5.91 Å². The number of hydrogen-bond donors (Lipinski definition) is 2. The van der Waals surface area contributed by atoms with Crippen molar-refractivity contribution in [1.29, 1.82) is 0 Å². The lowest BCUT2D eigenvalue weighted by Crippen LogP contribution is -2.48. The van der Waals surface area contributed by atoms with Crippen molar-refractivity contribution in [3.05, 3.63) is 65.7 Å². The molecule has 1 aliphatic heterocycles. The fraction of sp³-hybridized carbons (Fsp3) is 0.364. The first-order valence-electron chi connectivity index (χ1n) is 9.46. The van der Waals surface area contributed by atoms with Gasteiger partial charge in [-0.05, 0) is 42.4 Å². The summed E-state index contributed by atoms with van der Waals surface area (Å²) in [6, 6.07) is 17.3. The number of nitrogens with one attached hydrogen (secondary N) is 1. The number of likely N-dealkylation sites (tertiary alicyclic amines) is 1. The molecule has 0 atom stereocenters. The summed E-state index contributed by atoms with van der Waals surface area (Å²) >= 11 is 0. The average Bonchev–Trinajstić information content (AvgIpc) is 2.73. The summed E-state index contributed by atoms with van der Waals surface area (Å²) < 4.78 is 5.29. The van der Waals surface area contributed by atoms with E-state index in [1.165, 1.54) is 10.5 Å². The van der Waals surface area contributed by atoms with Gasteiger partial charge in [0.05, 0.1) is 12.7 Å². The second-order valence-electron chi connectivity index (χ2n) is 7.31. The Bertz CT molecular complexity index is 814. The maximum Gasteiger partial charge on any atom is 0.407 e. The number of rotatable bonds is 6. The number of hydrogen-bond acceptors (Lipinski definition) is 3. The van der Waals surface area contributed by atoms with Crippen molar-refractivity contribution < 1.29 is 19.4 Å². The van der Waals surface area contributed by atoms with Crippen molar-refractivity contribution in [3.8, 4) is 5.75 Å².